The van der Waals surface area contributed by atoms with Gasteiger partial charge in [0.05, 0.1) is 12.3 Å². The number of aromatic amines is 1. The number of hydrogen-bond acceptors (Lipinski definition) is 4. The fourth-order valence-electron chi connectivity index (χ4n) is 1.53. The largest absolute Gasteiger partial charge is 0.491 e. The zero-order valence-electron chi connectivity index (χ0n) is 10.9. The average molecular weight is 260 g/mol. The van der Waals surface area contributed by atoms with Gasteiger partial charge in [-0.3, -0.25) is 9.89 Å². The van der Waals surface area contributed by atoms with Crippen LogP contribution < -0.4 is 10.1 Å². The molecule has 19 heavy (non-hydrogen) atoms. The highest BCUT2D eigenvalue weighted by Gasteiger charge is 2.13. The van der Waals surface area contributed by atoms with Gasteiger partial charge in [-0.05, 0) is 25.5 Å². The first-order valence-electron chi connectivity index (χ1n) is 6.13. The van der Waals surface area contributed by atoms with Gasteiger partial charge in [-0.15, -0.1) is 5.10 Å². The summed E-state index contributed by atoms with van der Waals surface area (Å²) in [5.74, 6) is 0.991. The molecule has 0 fully saturated rings. The number of carbonyl (C=O) groups is 1. The number of amides is 1. The second kappa shape index (κ2) is 5.99. The van der Waals surface area contributed by atoms with Gasteiger partial charge in [-0.25, -0.2) is 4.98 Å². The van der Waals surface area contributed by atoms with Crippen molar-refractivity contribution in [2.24, 2.45) is 0 Å². The molecule has 2 aromatic rings. The molecular formula is C13H16N4O2. The van der Waals surface area contributed by atoms with Crippen molar-refractivity contribution in [2.45, 2.75) is 20.3 Å². The number of carbonyl (C=O) groups excluding carboxylic acids is 1. The Labute approximate surface area is 111 Å². The minimum absolute atomic E-state index is 0.114. The highest BCUT2D eigenvalue weighted by atomic mass is 16.5. The Kier molecular flexibility index (Phi) is 4.12. The minimum Gasteiger partial charge on any atom is -0.491 e. The topological polar surface area (TPSA) is 79.9 Å². The number of anilines is 1. The number of H-pyrrole nitrogens is 1. The monoisotopic (exact) mass is 260 g/mol. The van der Waals surface area contributed by atoms with Gasteiger partial charge in [0, 0.05) is 0 Å². The number of benzene rings is 1. The van der Waals surface area contributed by atoms with Crippen molar-refractivity contribution < 1.29 is 9.53 Å². The molecule has 0 radical (unpaired) electrons. The van der Waals surface area contributed by atoms with Gasteiger partial charge >= 0.3 is 0 Å². The van der Waals surface area contributed by atoms with E-state index in [2.05, 4.69) is 20.5 Å². The molecule has 0 atom stereocenters. The van der Waals surface area contributed by atoms with Crippen LogP contribution in [0.4, 0.5) is 5.69 Å². The molecule has 2 rings (SSSR count). The lowest BCUT2D eigenvalue weighted by Crippen LogP contribution is -2.14. The summed E-state index contributed by atoms with van der Waals surface area (Å²) in [6, 6.07) is 7.28. The number of ether oxygens (including phenoxy) is 1. The van der Waals surface area contributed by atoms with E-state index in [9.17, 15) is 4.79 Å². The van der Waals surface area contributed by atoms with E-state index in [-0.39, 0.29) is 11.7 Å². The third kappa shape index (κ3) is 3.31. The molecule has 0 aliphatic rings. The maximum Gasteiger partial charge on any atom is 0.295 e. The fraction of sp³-hybridized carbons (Fsp3) is 0.308. The molecule has 1 aromatic carbocycles. The summed E-state index contributed by atoms with van der Waals surface area (Å²) in [6.07, 6.45) is 0.905. The molecule has 0 bridgehead atoms. The summed E-state index contributed by atoms with van der Waals surface area (Å²) in [4.78, 5) is 15.9. The Bertz CT molecular complexity index is 565. The highest BCUT2D eigenvalue weighted by molar-refractivity contribution is 6.02. The molecule has 0 aliphatic heterocycles. The second-order valence-electron chi connectivity index (χ2n) is 4.04. The van der Waals surface area contributed by atoms with Crippen LogP contribution in [-0.2, 0) is 0 Å². The van der Waals surface area contributed by atoms with E-state index >= 15 is 0 Å². The number of rotatable bonds is 5. The number of para-hydroxylation sites is 2. The van der Waals surface area contributed by atoms with E-state index < -0.39 is 0 Å². The first-order valence-corrected chi connectivity index (χ1v) is 6.13. The van der Waals surface area contributed by atoms with Crippen molar-refractivity contribution in [2.75, 3.05) is 11.9 Å². The fourth-order valence-corrected chi connectivity index (χ4v) is 1.53. The van der Waals surface area contributed by atoms with Crippen LogP contribution in [0.15, 0.2) is 24.3 Å². The van der Waals surface area contributed by atoms with Crippen molar-refractivity contribution in [1.29, 1.82) is 0 Å². The lowest BCUT2D eigenvalue weighted by Gasteiger charge is -2.10. The van der Waals surface area contributed by atoms with Crippen LogP contribution in [0.3, 0.4) is 0 Å². The Balaban J connectivity index is 2.12. The van der Waals surface area contributed by atoms with Gasteiger partial charge < -0.3 is 10.1 Å². The molecule has 0 aliphatic carbocycles. The van der Waals surface area contributed by atoms with Gasteiger partial charge in [0.1, 0.15) is 11.6 Å². The second-order valence-corrected chi connectivity index (χ2v) is 4.04. The molecule has 0 spiro atoms. The first kappa shape index (κ1) is 13.1. The molecule has 2 N–H and O–H groups in total. The number of aryl methyl sites for hydroxylation is 1. The van der Waals surface area contributed by atoms with E-state index in [4.69, 9.17) is 4.74 Å². The van der Waals surface area contributed by atoms with Gasteiger partial charge in [-0.1, -0.05) is 19.1 Å². The first-order chi connectivity index (χ1) is 9.20. The van der Waals surface area contributed by atoms with Crippen molar-refractivity contribution >= 4 is 11.6 Å². The standard InChI is InChI=1S/C13H16N4O2/c1-3-8-19-11-7-5-4-6-10(11)15-13(18)12-14-9(2)16-17-12/h4-7H,3,8H2,1-2H3,(H,15,18)(H,14,16,17). The van der Waals surface area contributed by atoms with Crippen molar-refractivity contribution in [3.05, 3.63) is 35.9 Å². The molecule has 0 unspecified atom stereocenters. The quantitative estimate of drug-likeness (QED) is 0.863. The van der Waals surface area contributed by atoms with Crippen LogP contribution in [0, 0.1) is 6.92 Å². The van der Waals surface area contributed by atoms with Crippen molar-refractivity contribution in [3.63, 3.8) is 0 Å². The number of nitrogens with zero attached hydrogens (tertiary/aromatic N) is 2. The third-order valence-corrected chi connectivity index (χ3v) is 2.40. The summed E-state index contributed by atoms with van der Waals surface area (Å²) in [5.41, 5.74) is 0.614. The van der Waals surface area contributed by atoms with Crippen LogP contribution in [0.25, 0.3) is 0 Å². The molecule has 6 nitrogen and oxygen atoms in total. The third-order valence-electron chi connectivity index (χ3n) is 2.40. The predicted molar refractivity (Wildman–Crippen MR) is 71.3 cm³/mol. The van der Waals surface area contributed by atoms with Crippen LogP contribution in [0.5, 0.6) is 5.75 Å². The van der Waals surface area contributed by atoms with Crippen LogP contribution in [0.1, 0.15) is 29.8 Å². The summed E-state index contributed by atoms with van der Waals surface area (Å²) < 4.78 is 5.56. The molecule has 0 saturated heterocycles. The van der Waals surface area contributed by atoms with Gasteiger partial charge in [-0.2, -0.15) is 0 Å². The van der Waals surface area contributed by atoms with Crippen LogP contribution in [-0.4, -0.2) is 27.7 Å². The van der Waals surface area contributed by atoms with Gasteiger partial charge in [0.2, 0.25) is 5.82 Å². The van der Waals surface area contributed by atoms with E-state index in [1.54, 1.807) is 13.0 Å². The SMILES string of the molecule is CCCOc1ccccc1NC(=O)c1n[nH]c(C)n1. The van der Waals surface area contributed by atoms with E-state index in [0.717, 1.165) is 6.42 Å². The summed E-state index contributed by atoms with van der Waals surface area (Å²) >= 11 is 0. The Morgan fingerprint density at radius 1 is 1.42 bits per heavy atom. The lowest BCUT2D eigenvalue weighted by atomic mass is 10.3. The summed E-state index contributed by atoms with van der Waals surface area (Å²) in [6.45, 7) is 4.37. The van der Waals surface area contributed by atoms with E-state index in [1.165, 1.54) is 0 Å². The smallest absolute Gasteiger partial charge is 0.295 e. The molecule has 0 saturated carbocycles. The Hall–Kier alpha value is -2.37. The molecule has 6 heteroatoms. The zero-order valence-corrected chi connectivity index (χ0v) is 10.9. The highest BCUT2D eigenvalue weighted by Crippen LogP contribution is 2.24. The maximum atomic E-state index is 11.9. The average Bonchev–Trinajstić information content (AvgIpc) is 2.84. The van der Waals surface area contributed by atoms with Crippen molar-refractivity contribution in [1.82, 2.24) is 15.2 Å². The van der Waals surface area contributed by atoms with E-state index in [0.29, 0.717) is 23.9 Å². The number of aromatic nitrogens is 3. The van der Waals surface area contributed by atoms with Crippen LogP contribution in [0.2, 0.25) is 0 Å². The number of hydrogen-bond donors (Lipinski definition) is 2. The lowest BCUT2D eigenvalue weighted by molar-refractivity contribution is 0.101. The van der Waals surface area contributed by atoms with Gasteiger partial charge in [0.25, 0.3) is 5.91 Å². The van der Waals surface area contributed by atoms with Crippen molar-refractivity contribution in [3.8, 4) is 5.75 Å². The minimum atomic E-state index is -0.364. The van der Waals surface area contributed by atoms with Crippen LogP contribution >= 0.6 is 0 Å². The summed E-state index contributed by atoms with van der Waals surface area (Å²) in [5, 5.41) is 9.19. The molecule has 1 heterocycles. The predicted octanol–water partition coefficient (Wildman–Crippen LogP) is 2.15. The van der Waals surface area contributed by atoms with E-state index in [1.807, 2.05) is 25.1 Å². The number of nitrogens with one attached hydrogen (secondary N) is 2. The van der Waals surface area contributed by atoms with Gasteiger partial charge in [0.15, 0.2) is 0 Å². The molecule has 1 aromatic heterocycles. The molecule has 1 amide bonds. The normalized spacial score (nSPS) is 10.2. The maximum absolute atomic E-state index is 11.9. The Morgan fingerprint density at radius 3 is 2.89 bits per heavy atom. The summed E-state index contributed by atoms with van der Waals surface area (Å²) in [7, 11) is 0. The Morgan fingerprint density at radius 2 is 2.21 bits per heavy atom. The molecular weight excluding hydrogens is 244 g/mol. The molecule has 100 valence electrons. The zero-order chi connectivity index (χ0) is 13.7.